The molecular weight excluding hydrogens is 646 g/mol. The zero-order valence-corrected chi connectivity index (χ0v) is 26.2. The van der Waals surface area contributed by atoms with Crippen molar-refractivity contribution in [3.8, 4) is 0 Å². The van der Waals surface area contributed by atoms with Gasteiger partial charge in [-0.3, -0.25) is 34.7 Å². The van der Waals surface area contributed by atoms with Gasteiger partial charge in [0.15, 0.2) is 5.78 Å². The molecule has 3 aromatic carbocycles. The molecule has 240 valence electrons. The molecule has 1 unspecified atom stereocenters. The van der Waals surface area contributed by atoms with E-state index in [1.165, 1.54) is 47.4 Å². The number of Topliss-reactive ketones (excluding diaryl/α,β-unsaturated/α-hetero) is 1. The van der Waals surface area contributed by atoms with Crippen LogP contribution in [0.3, 0.4) is 0 Å². The van der Waals surface area contributed by atoms with Gasteiger partial charge in [-0.2, -0.15) is 0 Å². The molecule has 2 heterocycles. The lowest BCUT2D eigenvalue weighted by molar-refractivity contribution is -0.528. The van der Waals surface area contributed by atoms with Gasteiger partial charge in [-0.1, -0.05) is 55.2 Å². The molecule has 46 heavy (non-hydrogen) atoms. The van der Waals surface area contributed by atoms with Crippen molar-refractivity contribution in [2.45, 2.75) is 43.8 Å². The summed E-state index contributed by atoms with van der Waals surface area (Å²) in [7, 11) is 1.09. The molecule has 1 N–H and O–H groups in total. The Balaban J connectivity index is 1.76. The molecule has 1 amide bonds. The van der Waals surface area contributed by atoms with Crippen LogP contribution >= 0.6 is 23.2 Å². The van der Waals surface area contributed by atoms with Gasteiger partial charge in [0.25, 0.3) is 11.6 Å². The lowest BCUT2D eigenvalue weighted by Gasteiger charge is -2.39. The van der Waals surface area contributed by atoms with Gasteiger partial charge in [0, 0.05) is 45.8 Å². The zero-order chi connectivity index (χ0) is 33.7. The van der Waals surface area contributed by atoms with Crippen molar-refractivity contribution in [2.24, 2.45) is 5.92 Å². The zero-order valence-electron chi connectivity index (χ0n) is 24.7. The summed E-state index contributed by atoms with van der Waals surface area (Å²) in [6.45, 7) is 3.67. The minimum atomic E-state index is -1.90. The topological polar surface area (TPSA) is 162 Å². The predicted molar refractivity (Wildman–Crippen MR) is 165 cm³/mol. The maximum atomic E-state index is 15.9. The van der Waals surface area contributed by atoms with Crippen molar-refractivity contribution < 1.29 is 33.4 Å². The number of ketones is 1. The first-order valence-corrected chi connectivity index (χ1v) is 14.8. The van der Waals surface area contributed by atoms with Gasteiger partial charge in [-0.15, -0.1) is 0 Å². The number of fused-ring (bicyclic) bond motifs is 2. The highest BCUT2D eigenvalue weighted by atomic mass is 35.5. The number of nitrogens with zero attached hydrogens (tertiary/aromatic N) is 3. The van der Waals surface area contributed by atoms with Crippen molar-refractivity contribution in [1.82, 2.24) is 4.90 Å². The van der Waals surface area contributed by atoms with Gasteiger partial charge in [-0.25, -0.2) is 9.18 Å². The first-order valence-electron chi connectivity index (χ1n) is 14.1. The number of hydrogen-bond donors (Lipinski definition) is 1. The van der Waals surface area contributed by atoms with Crippen molar-refractivity contribution in [3.63, 3.8) is 0 Å². The van der Waals surface area contributed by atoms with Gasteiger partial charge >= 0.3 is 5.97 Å². The molecule has 0 radical (unpaired) electrons. The molecule has 15 heteroatoms. The average Bonchev–Trinajstić information content (AvgIpc) is 3.44. The summed E-state index contributed by atoms with van der Waals surface area (Å²) in [4.78, 5) is 65.4. The van der Waals surface area contributed by atoms with E-state index in [0.29, 0.717) is 5.56 Å². The van der Waals surface area contributed by atoms with Crippen molar-refractivity contribution in [3.05, 3.63) is 113 Å². The second-order valence-electron chi connectivity index (χ2n) is 11.5. The summed E-state index contributed by atoms with van der Waals surface area (Å²) in [6, 6.07) is 8.55. The second kappa shape index (κ2) is 12.4. The van der Waals surface area contributed by atoms with Gasteiger partial charge in [0.1, 0.15) is 11.4 Å². The minimum absolute atomic E-state index is 0.0415. The van der Waals surface area contributed by atoms with Crippen molar-refractivity contribution in [1.29, 1.82) is 0 Å². The van der Waals surface area contributed by atoms with E-state index >= 15 is 4.39 Å². The summed E-state index contributed by atoms with van der Waals surface area (Å²) in [5.41, 5.74) is -2.83. The van der Waals surface area contributed by atoms with E-state index in [1.54, 1.807) is 0 Å². The monoisotopic (exact) mass is 672 g/mol. The Bertz CT molecular complexity index is 1800. The van der Waals surface area contributed by atoms with Gasteiger partial charge in [0.05, 0.1) is 40.1 Å². The minimum Gasteiger partial charge on any atom is -0.465 e. The summed E-state index contributed by atoms with van der Waals surface area (Å²) in [5.74, 6) is -5.09. The maximum absolute atomic E-state index is 15.9. The average molecular weight is 673 g/mol. The molecule has 4 atom stereocenters. The largest absolute Gasteiger partial charge is 0.465 e. The van der Waals surface area contributed by atoms with Crippen LogP contribution in [-0.4, -0.2) is 58.1 Å². The number of halogens is 3. The number of esters is 1. The number of ether oxygens (including phenoxy) is 1. The van der Waals surface area contributed by atoms with Gasteiger partial charge in [0.2, 0.25) is 6.04 Å². The molecule has 0 aromatic heterocycles. The molecule has 0 bridgehead atoms. The Morgan fingerprint density at radius 2 is 1.83 bits per heavy atom. The number of benzene rings is 3. The number of hydrogen-bond acceptors (Lipinski definition) is 9. The normalized spacial score (nSPS) is 22.2. The van der Waals surface area contributed by atoms with Crippen LogP contribution in [-0.2, 0) is 15.1 Å². The molecule has 1 saturated heterocycles. The predicted octanol–water partition coefficient (Wildman–Crippen LogP) is 6.02. The first-order chi connectivity index (χ1) is 21.7. The number of carbonyl (C=O) groups is 3. The lowest BCUT2D eigenvalue weighted by atomic mass is 9.73. The van der Waals surface area contributed by atoms with E-state index in [2.05, 4.69) is 10.1 Å². The van der Waals surface area contributed by atoms with E-state index in [1.807, 2.05) is 13.8 Å². The fraction of sp³-hybridized carbons (Fsp3) is 0.323. The number of nitrogens with one attached hydrogen (secondary N) is 1. The Morgan fingerprint density at radius 1 is 1.11 bits per heavy atom. The summed E-state index contributed by atoms with van der Waals surface area (Å²) >= 11 is 12.4. The highest BCUT2D eigenvalue weighted by Gasteiger charge is 2.71. The fourth-order valence-electron chi connectivity index (χ4n) is 6.78. The van der Waals surface area contributed by atoms with Crippen LogP contribution < -0.4 is 5.32 Å². The maximum Gasteiger partial charge on any atom is 0.338 e. The van der Waals surface area contributed by atoms with E-state index < -0.39 is 74.5 Å². The summed E-state index contributed by atoms with van der Waals surface area (Å²) in [6.07, 6.45) is -0.659. The number of methoxy groups -OCH3 is 1. The van der Waals surface area contributed by atoms with Crippen LogP contribution in [0.5, 0.6) is 0 Å². The molecule has 1 spiro atoms. The van der Waals surface area contributed by atoms with Crippen LogP contribution in [0.1, 0.15) is 58.0 Å². The molecule has 5 rings (SSSR count). The lowest BCUT2D eigenvalue weighted by Crippen LogP contribution is -2.53. The number of nitro benzene ring substituents is 1. The molecule has 1 fully saturated rings. The van der Waals surface area contributed by atoms with E-state index in [0.717, 1.165) is 19.2 Å². The third kappa shape index (κ3) is 5.27. The molecule has 2 aliphatic heterocycles. The Hall–Kier alpha value is -4.46. The smallest absolute Gasteiger partial charge is 0.338 e. The number of anilines is 1. The number of likely N-dealkylation sites (tertiary alicyclic amines) is 1. The van der Waals surface area contributed by atoms with Crippen LogP contribution in [0.15, 0.2) is 54.6 Å². The van der Waals surface area contributed by atoms with Crippen LogP contribution in [0.4, 0.5) is 15.8 Å². The van der Waals surface area contributed by atoms with Crippen LogP contribution in [0.2, 0.25) is 10.0 Å². The standard InChI is InChI=1S/C31H27Cl2FN4O8/c1-15(2)14-36-24(13-25(39)18-9-7-16(29(40)46-3)11-23(18)37(42)43)28(38(44)45)26(19-5-4-6-21(33)27(19)34)31(36)20-10-8-17(32)12-22(20)35-30(31)41/h4-12,15,24,26,28H,13-14H2,1-3H3,(H,35,41)/t24-,26-,28?,31+/m0/s1. The number of rotatable bonds is 9. The van der Waals surface area contributed by atoms with E-state index in [9.17, 15) is 34.6 Å². The van der Waals surface area contributed by atoms with Crippen LogP contribution in [0, 0.1) is 32.0 Å². The Morgan fingerprint density at radius 3 is 2.46 bits per heavy atom. The first kappa shape index (κ1) is 32.9. The van der Waals surface area contributed by atoms with E-state index in [-0.39, 0.29) is 39.3 Å². The SMILES string of the molecule is COC(=O)c1ccc(C(=O)C[C@H]2C([N+](=O)[O-])[C@H](c3cccc(Cl)c3F)[C@]3(C(=O)Nc4cc(Cl)ccc43)N2CC(C)C)c([N+](=O)[O-])c1. The fourth-order valence-corrected chi connectivity index (χ4v) is 7.13. The molecule has 12 nitrogen and oxygen atoms in total. The van der Waals surface area contributed by atoms with Crippen molar-refractivity contribution in [2.75, 3.05) is 19.0 Å². The van der Waals surface area contributed by atoms with Crippen LogP contribution in [0.25, 0.3) is 0 Å². The Labute approximate surface area is 271 Å². The number of carbonyl (C=O) groups excluding carboxylic acids is 3. The second-order valence-corrected chi connectivity index (χ2v) is 12.4. The highest BCUT2D eigenvalue weighted by Crippen LogP contribution is 2.59. The molecule has 3 aromatic rings. The van der Waals surface area contributed by atoms with Gasteiger partial charge < -0.3 is 10.1 Å². The quantitative estimate of drug-likeness (QED) is 0.124. The highest BCUT2D eigenvalue weighted by molar-refractivity contribution is 6.31. The number of amides is 1. The molecular formula is C31H27Cl2FN4O8. The molecule has 0 saturated carbocycles. The number of nitro groups is 2. The summed E-state index contributed by atoms with van der Waals surface area (Å²) < 4.78 is 20.5. The summed E-state index contributed by atoms with van der Waals surface area (Å²) in [5, 5.41) is 27.8. The van der Waals surface area contributed by atoms with Gasteiger partial charge in [-0.05, 0) is 36.2 Å². The van der Waals surface area contributed by atoms with E-state index in [4.69, 9.17) is 23.2 Å². The third-order valence-electron chi connectivity index (χ3n) is 8.46. The molecule has 2 aliphatic rings. The third-order valence-corrected chi connectivity index (χ3v) is 8.99. The van der Waals surface area contributed by atoms with Crippen molar-refractivity contribution >= 4 is 52.2 Å². The Kier molecular flexibility index (Phi) is 8.86. The molecule has 0 aliphatic carbocycles.